The number of carbonyl (C=O) groups is 5. The minimum Gasteiger partial charge on any atom is -0.456 e. The Bertz CT molecular complexity index is 1250. The third kappa shape index (κ3) is 11.2. The van der Waals surface area contributed by atoms with Crippen molar-refractivity contribution in [3.8, 4) is 0 Å². The second kappa shape index (κ2) is 17.6. The lowest BCUT2D eigenvalue weighted by Crippen LogP contribution is -2.58. The fourth-order valence-electron chi connectivity index (χ4n) is 4.39. The summed E-state index contributed by atoms with van der Waals surface area (Å²) in [4.78, 5) is 63.1. The first kappa shape index (κ1) is 42.0. The van der Waals surface area contributed by atoms with E-state index in [4.69, 9.17) is 43.0 Å². The molecule has 0 aromatic heterocycles. The van der Waals surface area contributed by atoms with Gasteiger partial charge in [-0.15, -0.1) is 0 Å². The topological polar surface area (TPSA) is 229 Å². The van der Waals surface area contributed by atoms with Crippen LogP contribution in [0.5, 0.6) is 0 Å². The SMILES string of the molecule is CC(=O)O[C@@H]1[C@@](CF)(COP(=O)(OCOC(=O)C(C)C)OCOC(=O)C(C)C)O[C@@H](N2C=CC(=O)N(COC(=O)C(N)C(C)C)C2)[C@]1(C)O. The van der Waals surface area contributed by atoms with Gasteiger partial charge in [0.2, 0.25) is 13.6 Å². The van der Waals surface area contributed by atoms with Gasteiger partial charge in [-0.2, -0.15) is 0 Å². The van der Waals surface area contributed by atoms with Gasteiger partial charge in [0, 0.05) is 19.2 Å². The molecule has 1 amide bonds. The van der Waals surface area contributed by atoms with Crippen molar-refractivity contribution in [3.05, 3.63) is 12.3 Å². The maximum absolute atomic E-state index is 15.1. The third-order valence-electron chi connectivity index (χ3n) is 7.31. The lowest BCUT2D eigenvalue weighted by Gasteiger charge is -2.39. The molecule has 1 saturated heterocycles. The van der Waals surface area contributed by atoms with Gasteiger partial charge in [-0.25, -0.2) is 18.0 Å². The number of hydrogen-bond donors (Lipinski definition) is 2. The molecule has 18 nitrogen and oxygen atoms in total. The van der Waals surface area contributed by atoms with Crippen LogP contribution in [0.2, 0.25) is 0 Å². The number of halogens is 1. The number of amides is 1. The molecule has 2 aliphatic heterocycles. The molecule has 2 aliphatic rings. The summed E-state index contributed by atoms with van der Waals surface area (Å²) in [5, 5.41) is 11.7. The highest BCUT2D eigenvalue weighted by molar-refractivity contribution is 7.48. The lowest BCUT2D eigenvalue weighted by atomic mass is 9.88. The van der Waals surface area contributed by atoms with E-state index in [1.807, 2.05) is 0 Å². The van der Waals surface area contributed by atoms with Gasteiger partial charge in [-0.1, -0.05) is 41.5 Å². The van der Waals surface area contributed by atoms with Gasteiger partial charge in [0.25, 0.3) is 5.91 Å². The maximum Gasteiger partial charge on any atom is 0.480 e. The number of esters is 4. The zero-order valence-electron chi connectivity index (χ0n) is 28.8. The molecule has 2 heterocycles. The highest BCUT2D eigenvalue weighted by Gasteiger charge is 2.66. The Morgan fingerprint density at radius 2 is 1.57 bits per heavy atom. The monoisotopic (exact) mass is 727 g/mol. The number of nitrogens with zero attached hydrogens (tertiary/aromatic N) is 2. The normalized spacial score (nSPS) is 24.8. The number of hydrogen-bond acceptors (Lipinski definition) is 17. The quantitative estimate of drug-likeness (QED) is 0.0877. The van der Waals surface area contributed by atoms with E-state index in [1.165, 1.54) is 45.7 Å². The van der Waals surface area contributed by atoms with Crippen LogP contribution >= 0.6 is 7.82 Å². The molecule has 49 heavy (non-hydrogen) atoms. The van der Waals surface area contributed by atoms with Gasteiger partial charge in [0.1, 0.15) is 18.3 Å². The first-order chi connectivity index (χ1) is 22.7. The highest BCUT2D eigenvalue weighted by Crippen LogP contribution is 2.52. The van der Waals surface area contributed by atoms with Crippen molar-refractivity contribution >= 4 is 37.6 Å². The van der Waals surface area contributed by atoms with Crippen molar-refractivity contribution in [2.75, 3.05) is 40.3 Å². The van der Waals surface area contributed by atoms with Crippen LogP contribution in [0.4, 0.5) is 4.39 Å². The van der Waals surface area contributed by atoms with E-state index >= 15 is 4.39 Å². The fraction of sp³-hybridized carbons (Fsp3) is 0.759. The van der Waals surface area contributed by atoms with E-state index in [1.54, 1.807) is 13.8 Å². The Morgan fingerprint density at radius 1 is 1.02 bits per heavy atom. The van der Waals surface area contributed by atoms with E-state index < -0.39 is 113 Å². The van der Waals surface area contributed by atoms with E-state index in [0.717, 1.165) is 17.9 Å². The van der Waals surface area contributed by atoms with Gasteiger partial charge < -0.3 is 39.4 Å². The van der Waals surface area contributed by atoms with Crippen LogP contribution in [0.25, 0.3) is 0 Å². The Kier molecular flexibility index (Phi) is 15.1. The molecule has 20 heteroatoms. The Labute approximate surface area is 283 Å². The molecule has 5 atom stereocenters. The summed E-state index contributed by atoms with van der Waals surface area (Å²) >= 11 is 0. The van der Waals surface area contributed by atoms with E-state index in [9.17, 15) is 33.6 Å². The second-order valence-corrected chi connectivity index (χ2v) is 14.2. The van der Waals surface area contributed by atoms with Gasteiger partial charge in [-0.05, 0) is 12.8 Å². The average Bonchev–Trinajstić information content (AvgIpc) is 3.24. The number of carbonyl (C=O) groups excluding carboxylic acids is 5. The molecular formula is C29H47FN3O15P. The predicted octanol–water partition coefficient (Wildman–Crippen LogP) is 1.30. The van der Waals surface area contributed by atoms with E-state index in [0.29, 0.717) is 0 Å². The molecule has 280 valence electrons. The number of rotatable bonds is 18. The fourth-order valence-corrected chi connectivity index (χ4v) is 5.35. The van der Waals surface area contributed by atoms with E-state index in [-0.39, 0.29) is 12.6 Å². The third-order valence-corrected chi connectivity index (χ3v) is 8.60. The van der Waals surface area contributed by atoms with Crippen molar-refractivity contribution in [2.45, 2.75) is 85.0 Å². The lowest BCUT2D eigenvalue weighted by molar-refractivity contribution is -0.178. The number of ether oxygens (including phenoxy) is 5. The maximum atomic E-state index is 15.1. The summed E-state index contributed by atoms with van der Waals surface area (Å²) in [7, 11) is -4.87. The Hall–Kier alpha value is -3.19. The zero-order valence-corrected chi connectivity index (χ0v) is 29.7. The molecule has 0 saturated carbocycles. The predicted molar refractivity (Wildman–Crippen MR) is 164 cm³/mol. The first-order valence-corrected chi connectivity index (χ1v) is 16.8. The number of nitrogens with two attached hydrogens (primary N) is 1. The Morgan fingerprint density at radius 3 is 2.04 bits per heavy atom. The number of phosphoric acid groups is 1. The van der Waals surface area contributed by atoms with Crippen molar-refractivity contribution in [1.82, 2.24) is 9.80 Å². The molecule has 1 fully saturated rings. The molecule has 0 aliphatic carbocycles. The van der Waals surface area contributed by atoms with Crippen LogP contribution in [0.3, 0.4) is 0 Å². The summed E-state index contributed by atoms with van der Waals surface area (Å²) < 4.78 is 70.4. The van der Waals surface area contributed by atoms with Crippen molar-refractivity contribution in [1.29, 1.82) is 0 Å². The molecular weight excluding hydrogens is 680 g/mol. The number of phosphoric ester groups is 1. The molecule has 0 aromatic carbocycles. The van der Waals surface area contributed by atoms with Gasteiger partial charge in [0.05, 0.1) is 25.1 Å². The molecule has 0 radical (unpaired) electrons. The smallest absolute Gasteiger partial charge is 0.456 e. The summed E-state index contributed by atoms with van der Waals surface area (Å²) in [5.41, 5.74) is 1.19. The number of alkyl halides is 1. The molecule has 0 bridgehead atoms. The minimum atomic E-state index is -4.87. The molecule has 2 rings (SSSR count). The van der Waals surface area contributed by atoms with Crippen molar-refractivity contribution in [2.24, 2.45) is 23.5 Å². The minimum absolute atomic E-state index is 0.242. The second-order valence-electron chi connectivity index (χ2n) is 12.5. The zero-order chi connectivity index (χ0) is 37.3. The Balaban J connectivity index is 2.35. The largest absolute Gasteiger partial charge is 0.480 e. The molecule has 0 spiro atoms. The summed E-state index contributed by atoms with van der Waals surface area (Å²) in [6.07, 6.45) is -1.10. The average molecular weight is 728 g/mol. The first-order valence-electron chi connectivity index (χ1n) is 15.3. The molecule has 3 N–H and O–H groups in total. The summed E-state index contributed by atoms with van der Waals surface area (Å²) in [6, 6.07) is -0.950. The van der Waals surface area contributed by atoms with E-state index in [2.05, 4.69) is 0 Å². The van der Waals surface area contributed by atoms with Crippen LogP contribution in [0.15, 0.2) is 12.3 Å². The van der Waals surface area contributed by atoms with Crippen LogP contribution in [0, 0.1) is 17.8 Å². The summed E-state index contributed by atoms with van der Waals surface area (Å²) in [6.45, 7) is 6.36. The van der Waals surface area contributed by atoms with Crippen LogP contribution in [-0.4, -0.2) is 115 Å². The van der Waals surface area contributed by atoms with Crippen LogP contribution in [0.1, 0.15) is 55.4 Å². The van der Waals surface area contributed by atoms with Gasteiger partial charge in [-0.3, -0.25) is 33.4 Å². The summed E-state index contributed by atoms with van der Waals surface area (Å²) in [5.74, 6) is -5.16. The molecule has 1 unspecified atom stereocenters. The highest BCUT2D eigenvalue weighted by atomic mass is 31.2. The molecule has 0 aromatic rings. The number of aliphatic hydroxyl groups is 1. The van der Waals surface area contributed by atoms with Gasteiger partial charge >= 0.3 is 31.7 Å². The van der Waals surface area contributed by atoms with Gasteiger partial charge in [0.15, 0.2) is 24.7 Å². The standard InChI is InChI=1S/C29H47FN3O15P/c1-17(2)22(31)25(38)41-14-33-13-32(10-9-21(33)35)27-28(8,39)26(47-20(7)34)29(11-30,48-27)12-44-49(40,45-15-42-23(36)18(3)4)46-16-43-24(37)19(5)6/h9-10,17-19,22,26-27,39H,11-16,31H2,1-8H3/t22?,26-,27+,28+,29+/m0/s1. The van der Waals surface area contributed by atoms with Crippen molar-refractivity contribution < 1.29 is 75.3 Å². The van der Waals surface area contributed by atoms with Crippen LogP contribution < -0.4 is 5.73 Å². The van der Waals surface area contributed by atoms with Crippen LogP contribution in [-0.2, 0) is 65.8 Å². The van der Waals surface area contributed by atoms with Crippen molar-refractivity contribution in [3.63, 3.8) is 0 Å².